The Bertz CT molecular complexity index is 762. The molecule has 3 rings (SSSR count). The normalized spacial score (nSPS) is 18.3. The Morgan fingerprint density at radius 2 is 2.08 bits per heavy atom. The van der Waals surface area contributed by atoms with E-state index in [0.29, 0.717) is 25.3 Å². The van der Waals surface area contributed by atoms with Gasteiger partial charge in [0.15, 0.2) is 0 Å². The first kappa shape index (κ1) is 18.5. The first-order chi connectivity index (χ1) is 12.5. The number of carbonyl (C=O) groups excluding carboxylic acids is 2. The molecular formula is C19H22FN3O2S. The molecule has 0 bridgehead atoms. The lowest BCUT2D eigenvalue weighted by molar-refractivity contribution is -0.134. The molecule has 1 fully saturated rings. The Balaban J connectivity index is 1.81. The summed E-state index contributed by atoms with van der Waals surface area (Å²) in [7, 11) is 0. The Morgan fingerprint density at radius 3 is 2.69 bits per heavy atom. The Hall–Kier alpha value is -2.28. The summed E-state index contributed by atoms with van der Waals surface area (Å²) in [5.74, 6) is -0.227. The van der Waals surface area contributed by atoms with Crippen LogP contribution in [0, 0.1) is 11.7 Å². The van der Waals surface area contributed by atoms with E-state index in [1.165, 1.54) is 23.5 Å². The highest BCUT2D eigenvalue weighted by Crippen LogP contribution is 2.22. The summed E-state index contributed by atoms with van der Waals surface area (Å²) in [6.45, 7) is 5.37. The third-order valence-electron chi connectivity index (χ3n) is 4.70. The van der Waals surface area contributed by atoms with Gasteiger partial charge in [-0.3, -0.25) is 9.59 Å². The minimum atomic E-state index is -0.295. The van der Waals surface area contributed by atoms with Crippen molar-refractivity contribution in [3.8, 4) is 0 Å². The average molecular weight is 375 g/mol. The molecule has 1 aromatic carbocycles. The lowest BCUT2D eigenvalue weighted by atomic mass is 10.0. The molecule has 1 saturated heterocycles. The fraction of sp³-hybridized carbons (Fsp3) is 0.421. The highest BCUT2D eigenvalue weighted by atomic mass is 32.1. The molecule has 1 aliphatic heterocycles. The molecule has 0 radical (unpaired) electrons. The fourth-order valence-corrected chi connectivity index (χ4v) is 3.73. The van der Waals surface area contributed by atoms with Gasteiger partial charge in [0.2, 0.25) is 5.91 Å². The van der Waals surface area contributed by atoms with Crippen LogP contribution in [0.4, 0.5) is 4.39 Å². The molecule has 2 amide bonds. The summed E-state index contributed by atoms with van der Waals surface area (Å²) < 4.78 is 13.2. The molecule has 0 aliphatic carbocycles. The molecule has 5 nitrogen and oxygen atoms in total. The van der Waals surface area contributed by atoms with Gasteiger partial charge in [-0.2, -0.15) is 0 Å². The highest BCUT2D eigenvalue weighted by Gasteiger charge is 2.34. The van der Waals surface area contributed by atoms with Crippen LogP contribution >= 0.6 is 11.3 Å². The number of carbonyl (C=O) groups is 2. The zero-order valence-electron chi connectivity index (χ0n) is 14.9. The molecular weight excluding hydrogens is 353 g/mol. The number of amides is 2. The number of benzene rings is 1. The van der Waals surface area contributed by atoms with Gasteiger partial charge in [0, 0.05) is 31.4 Å². The Morgan fingerprint density at radius 1 is 1.35 bits per heavy atom. The van der Waals surface area contributed by atoms with Gasteiger partial charge >= 0.3 is 0 Å². The molecule has 7 heteroatoms. The lowest BCUT2D eigenvalue weighted by Crippen LogP contribution is -2.47. The lowest BCUT2D eigenvalue weighted by Gasteiger charge is -2.34. The summed E-state index contributed by atoms with van der Waals surface area (Å²) in [5, 5.41) is 1.73. The van der Waals surface area contributed by atoms with E-state index >= 15 is 0 Å². The average Bonchev–Trinajstić information content (AvgIpc) is 3.10. The SMILES string of the molecule is CC(C)[C@@H]1CN(C(=O)c2cscn2)CCC(=O)N1Cc1ccc(F)cc1. The van der Waals surface area contributed by atoms with Crippen LogP contribution in [0.2, 0.25) is 0 Å². The molecule has 1 aromatic heterocycles. The zero-order valence-corrected chi connectivity index (χ0v) is 15.7. The Labute approximate surface area is 156 Å². The van der Waals surface area contributed by atoms with Crippen LogP contribution in [0.5, 0.6) is 0 Å². The van der Waals surface area contributed by atoms with Crippen molar-refractivity contribution in [3.63, 3.8) is 0 Å². The van der Waals surface area contributed by atoms with Gasteiger partial charge in [0.05, 0.1) is 11.6 Å². The van der Waals surface area contributed by atoms with E-state index in [0.717, 1.165) is 5.56 Å². The van der Waals surface area contributed by atoms with E-state index in [4.69, 9.17) is 0 Å². The van der Waals surface area contributed by atoms with Crippen LogP contribution in [0.15, 0.2) is 35.2 Å². The predicted octanol–water partition coefficient (Wildman–Crippen LogP) is 3.18. The standard InChI is InChI=1S/C19H22FN3O2S/c1-13(2)17-10-22(19(25)16-11-26-12-21-16)8-7-18(24)23(17)9-14-3-5-15(20)6-4-14/h3-6,11-13,17H,7-10H2,1-2H3/t17-/m0/s1. The van der Waals surface area contributed by atoms with Crippen molar-refractivity contribution in [2.24, 2.45) is 5.92 Å². The maximum absolute atomic E-state index is 13.2. The second-order valence-corrected chi connectivity index (χ2v) is 7.55. The van der Waals surface area contributed by atoms with E-state index in [1.54, 1.807) is 27.9 Å². The quantitative estimate of drug-likeness (QED) is 0.825. The molecule has 1 atom stereocenters. The van der Waals surface area contributed by atoms with Gasteiger partial charge in [0.25, 0.3) is 5.91 Å². The number of thiazole rings is 1. The maximum atomic E-state index is 13.2. The molecule has 0 N–H and O–H groups in total. The van der Waals surface area contributed by atoms with Crippen LogP contribution in [-0.4, -0.2) is 45.7 Å². The third kappa shape index (κ3) is 4.09. The van der Waals surface area contributed by atoms with Crippen molar-refractivity contribution in [2.45, 2.75) is 32.9 Å². The summed E-state index contributed by atoms with van der Waals surface area (Å²) in [6.07, 6.45) is 0.278. The monoisotopic (exact) mass is 375 g/mol. The molecule has 2 heterocycles. The largest absolute Gasteiger partial charge is 0.335 e. The zero-order chi connectivity index (χ0) is 18.7. The van der Waals surface area contributed by atoms with E-state index in [1.807, 2.05) is 18.7 Å². The second kappa shape index (κ2) is 7.95. The molecule has 138 valence electrons. The second-order valence-electron chi connectivity index (χ2n) is 6.83. The summed E-state index contributed by atoms with van der Waals surface area (Å²) >= 11 is 1.38. The van der Waals surface area contributed by atoms with E-state index in [-0.39, 0.29) is 36.0 Å². The van der Waals surface area contributed by atoms with Crippen LogP contribution in [0.1, 0.15) is 36.3 Å². The van der Waals surface area contributed by atoms with E-state index in [9.17, 15) is 14.0 Å². The number of rotatable bonds is 4. The summed E-state index contributed by atoms with van der Waals surface area (Å²) in [6, 6.07) is 6.10. The minimum absolute atomic E-state index is 0.0154. The first-order valence-electron chi connectivity index (χ1n) is 8.67. The number of halogens is 1. The highest BCUT2D eigenvalue weighted by molar-refractivity contribution is 7.07. The molecule has 1 aliphatic rings. The molecule has 0 spiro atoms. The van der Waals surface area contributed by atoms with Gasteiger partial charge in [-0.1, -0.05) is 26.0 Å². The van der Waals surface area contributed by atoms with Gasteiger partial charge < -0.3 is 9.80 Å². The predicted molar refractivity (Wildman–Crippen MR) is 98.2 cm³/mol. The van der Waals surface area contributed by atoms with E-state index < -0.39 is 0 Å². The Kier molecular flexibility index (Phi) is 5.66. The smallest absolute Gasteiger partial charge is 0.273 e. The number of hydrogen-bond donors (Lipinski definition) is 0. The van der Waals surface area contributed by atoms with Crippen molar-refractivity contribution >= 4 is 23.2 Å². The number of aromatic nitrogens is 1. The molecule has 26 heavy (non-hydrogen) atoms. The summed E-state index contributed by atoms with van der Waals surface area (Å²) in [4.78, 5) is 33.1. The van der Waals surface area contributed by atoms with Gasteiger partial charge in [-0.25, -0.2) is 9.37 Å². The van der Waals surface area contributed by atoms with Crippen LogP contribution < -0.4 is 0 Å². The van der Waals surface area contributed by atoms with Crippen LogP contribution in [0.25, 0.3) is 0 Å². The van der Waals surface area contributed by atoms with Crippen LogP contribution in [-0.2, 0) is 11.3 Å². The van der Waals surface area contributed by atoms with Crippen molar-refractivity contribution in [1.82, 2.24) is 14.8 Å². The fourth-order valence-electron chi connectivity index (χ4n) is 3.20. The van der Waals surface area contributed by atoms with Crippen molar-refractivity contribution in [1.29, 1.82) is 0 Å². The van der Waals surface area contributed by atoms with Gasteiger partial charge in [0.1, 0.15) is 11.5 Å². The van der Waals surface area contributed by atoms with Crippen molar-refractivity contribution in [3.05, 3.63) is 52.2 Å². The molecule has 0 unspecified atom stereocenters. The third-order valence-corrected chi connectivity index (χ3v) is 5.28. The first-order valence-corrected chi connectivity index (χ1v) is 9.61. The minimum Gasteiger partial charge on any atom is -0.335 e. The summed E-state index contributed by atoms with van der Waals surface area (Å²) in [5.41, 5.74) is 2.94. The molecule has 0 saturated carbocycles. The van der Waals surface area contributed by atoms with E-state index in [2.05, 4.69) is 4.98 Å². The maximum Gasteiger partial charge on any atom is 0.273 e. The molecule has 2 aromatic rings. The van der Waals surface area contributed by atoms with Crippen LogP contribution in [0.3, 0.4) is 0 Å². The van der Waals surface area contributed by atoms with Gasteiger partial charge in [-0.15, -0.1) is 11.3 Å². The van der Waals surface area contributed by atoms with Crippen molar-refractivity contribution in [2.75, 3.05) is 13.1 Å². The van der Waals surface area contributed by atoms with Crippen molar-refractivity contribution < 1.29 is 14.0 Å². The number of hydrogen-bond acceptors (Lipinski definition) is 4. The van der Waals surface area contributed by atoms with Gasteiger partial charge in [-0.05, 0) is 23.6 Å². The number of nitrogens with zero attached hydrogens (tertiary/aromatic N) is 3. The topological polar surface area (TPSA) is 53.5 Å².